The summed E-state index contributed by atoms with van der Waals surface area (Å²) in [6.07, 6.45) is 0.606. The molecule has 0 N–H and O–H groups in total. The van der Waals surface area contributed by atoms with Gasteiger partial charge in [0.05, 0.1) is 5.02 Å². The predicted molar refractivity (Wildman–Crippen MR) is 59.8 cm³/mol. The van der Waals surface area contributed by atoms with Crippen molar-refractivity contribution in [3.05, 3.63) is 52.7 Å². The van der Waals surface area contributed by atoms with Gasteiger partial charge in [-0.2, -0.15) is 0 Å². The monoisotopic (exact) mass is 254 g/mol. The summed E-state index contributed by atoms with van der Waals surface area (Å²) in [5.74, 6) is 0.655. The van der Waals surface area contributed by atoms with E-state index >= 15 is 0 Å². The fourth-order valence-electron chi connectivity index (χ4n) is 1.28. The summed E-state index contributed by atoms with van der Waals surface area (Å²) in [5, 5.41) is 0.187. The average molecular weight is 255 g/mol. The molecule has 3 nitrogen and oxygen atoms in total. The highest BCUT2D eigenvalue weighted by Gasteiger charge is 2.05. The lowest BCUT2D eigenvalue weighted by Gasteiger charge is -2.05. The van der Waals surface area contributed by atoms with E-state index in [4.69, 9.17) is 20.8 Å². The lowest BCUT2D eigenvalue weighted by Crippen LogP contribution is -1.94. The van der Waals surface area contributed by atoms with Gasteiger partial charge in [0.15, 0.2) is 12.0 Å². The Balaban J connectivity index is 2.04. The Labute approximate surface area is 102 Å². The van der Waals surface area contributed by atoms with E-state index in [0.29, 0.717) is 17.8 Å². The minimum Gasteiger partial charge on any atom is -0.484 e. The van der Waals surface area contributed by atoms with Crippen molar-refractivity contribution >= 4 is 17.9 Å². The second-order valence-electron chi connectivity index (χ2n) is 3.29. The maximum Gasteiger partial charge on any atom is 0.185 e. The van der Waals surface area contributed by atoms with E-state index in [0.717, 1.165) is 6.07 Å². The molecule has 0 aliphatic heterocycles. The first kappa shape index (κ1) is 11.7. The molecule has 0 unspecified atom stereocenters. The third kappa shape index (κ3) is 2.85. The molecule has 0 spiro atoms. The van der Waals surface area contributed by atoms with Crippen molar-refractivity contribution in [2.24, 2.45) is 0 Å². The van der Waals surface area contributed by atoms with Crippen LogP contribution in [0.25, 0.3) is 0 Å². The molecular formula is C12H8ClFO3. The van der Waals surface area contributed by atoms with Crippen LogP contribution in [0.15, 0.2) is 34.7 Å². The summed E-state index contributed by atoms with van der Waals surface area (Å²) in [4.78, 5) is 10.4. The van der Waals surface area contributed by atoms with Gasteiger partial charge in [0.2, 0.25) is 0 Å². The quantitative estimate of drug-likeness (QED) is 0.785. The third-order valence-corrected chi connectivity index (χ3v) is 2.36. The molecule has 0 saturated heterocycles. The standard InChI is InChI=1S/C12H8ClFO3/c13-11-5-8(14)1-4-12(11)16-7-10-3-2-9(6-15)17-10/h1-6H,7H2. The van der Waals surface area contributed by atoms with Gasteiger partial charge in [0.25, 0.3) is 0 Å². The first-order valence-electron chi connectivity index (χ1n) is 4.81. The Bertz CT molecular complexity index is 536. The molecule has 1 aromatic carbocycles. The molecule has 0 aliphatic carbocycles. The third-order valence-electron chi connectivity index (χ3n) is 2.06. The van der Waals surface area contributed by atoms with Gasteiger partial charge >= 0.3 is 0 Å². The van der Waals surface area contributed by atoms with E-state index < -0.39 is 5.82 Å². The topological polar surface area (TPSA) is 39.4 Å². The number of carbonyl (C=O) groups is 1. The van der Waals surface area contributed by atoms with Crippen LogP contribution >= 0.6 is 11.6 Å². The Hall–Kier alpha value is -1.81. The van der Waals surface area contributed by atoms with Gasteiger partial charge in [0.1, 0.15) is 23.9 Å². The minimum atomic E-state index is -0.427. The van der Waals surface area contributed by atoms with Crippen LogP contribution in [0.3, 0.4) is 0 Å². The van der Waals surface area contributed by atoms with E-state index in [9.17, 15) is 9.18 Å². The van der Waals surface area contributed by atoms with Crippen molar-refractivity contribution in [3.63, 3.8) is 0 Å². The Morgan fingerprint density at radius 3 is 2.82 bits per heavy atom. The molecule has 0 fully saturated rings. The zero-order chi connectivity index (χ0) is 12.3. The molecule has 0 radical (unpaired) electrons. The smallest absolute Gasteiger partial charge is 0.185 e. The van der Waals surface area contributed by atoms with E-state index in [1.165, 1.54) is 18.2 Å². The van der Waals surface area contributed by atoms with Crippen LogP contribution in [-0.2, 0) is 6.61 Å². The number of furan rings is 1. The van der Waals surface area contributed by atoms with Crippen LogP contribution in [0.4, 0.5) is 4.39 Å². The van der Waals surface area contributed by atoms with Gasteiger partial charge in [-0.15, -0.1) is 0 Å². The second-order valence-corrected chi connectivity index (χ2v) is 3.69. The fourth-order valence-corrected chi connectivity index (χ4v) is 1.50. The number of halogens is 2. The average Bonchev–Trinajstić information content (AvgIpc) is 2.76. The van der Waals surface area contributed by atoms with Crippen LogP contribution in [0.1, 0.15) is 16.3 Å². The van der Waals surface area contributed by atoms with Gasteiger partial charge in [-0.05, 0) is 30.3 Å². The highest BCUT2D eigenvalue weighted by atomic mass is 35.5. The highest BCUT2D eigenvalue weighted by Crippen LogP contribution is 2.25. The molecule has 1 aromatic heterocycles. The summed E-state index contributed by atoms with van der Waals surface area (Å²) < 4.78 is 23.2. The van der Waals surface area contributed by atoms with E-state index in [1.807, 2.05) is 0 Å². The van der Waals surface area contributed by atoms with Crippen molar-refractivity contribution in [1.29, 1.82) is 0 Å². The van der Waals surface area contributed by atoms with Crippen molar-refractivity contribution in [3.8, 4) is 5.75 Å². The summed E-state index contributed by atoms with van der Waals surface area (Å²) in [7, 11) is 0. The van der Waals surface area contributed by atoms with Gasteiger partial charge in [-0.25, -0.2) is 4.39 Å². The summed E-state index contributed by atoms with van der Waals surface area (Å²) >= 11 is 5.78. The SMILES string of the molecule is O=Cc1ccc(COc2ccc(F)cc2Cl)o1. The molecule has 88 valence electrons. The Kier molecular flexibility index (Phi) is 3.44. The first-order chi connectivity index (χ1) is 8.19. The Morgan fingerprint density at radius 2 is 2.18 bits per heavy atom. The molecular weight excluding hydrogens is 247 g/mol. The molecule has 0 aliphatic rings. The van der Waals surface area contributed by atoms with Gasteiger partial charge in [0, 0.05) is 0 Å². The van der Waals surface area contributed by atoms with E-state index in [2.05, 4.69) is 0 Å². The number of hydrogen-bond acceptors (Lipinski definition) is 3. The van der Waals surface area contributed by atoms with Gasteiger partial charge < -0.3 is 9.15 Å². The van der Waals surface area contributed by atoms with E-state index in [1.54, 1.807) is 6.07 Å². The predicted octanol–water partition coefficient (Wildman–Crippen LogP) is 3.46. The largest absolute Gasteiger partial charge is 0.484 e. The number of aldehydes is 1. The van der Waals surface area contributed by atoms with Crippen LogP contribution in [0.5, 0.6) is 5.75 Å². The lowest BCUT2D eigenvalue weighted by atomic mass is 10.3. The molecule has 1 heterocycles. The summed E-state index contributed by atoms with van der Waals surface area (Å²) in [5.41, 5.74) is 0. The molecule has 17 heavy (non-hydrogen) atoms. The molecule has 0 amide bonds. The molecule has 0 saturated carbocycles. The maximum absolute atomic E-state index is 12.8. The van der Waals surface area contributed by atoms with Crippen LogP contribution in [0.2, 0.25) is 5.02 Å². The fraction of sp³-hybridized carbons (Fsp3) is 0.0833. The van der Waals surface area contributed by atoms with Gasteiger partial charge in [-0.3, -0.25) is 4.79 Å². The number of hydrogen-bond donors (Lipinski definition) is 0. The zero-order valence-corrected chi connectivity index (χ0v) is 9.41. The summed E-state index contributed by atoms with van der Waals surface area (Å²) in [6, 6.07) is 7.01. The molecule has 2 rings (SSSR count). The maximum atomic E-state index is 12.8. The van der Waals surface area contributed by atoms with E-state index in [-0.39, 0.29) is 17.4 Å². The van der Waals surface area contributed by atoms with Crippen molar-refractivity contribution in [2.75, 3.05) is 0 Å². The minimum absolute atomic E-state index is 0.124. The normalized spacial score (nSPS) is 10.2. The van der Waals surface area contributed by atoms with Crippen molar-refractivity contribution in [1.82, 2.24) is 0 Å². The first-order valence-corrected chi connectivity index (χ1v) is 5.18. The lowest BCUT2D eigenvalue weighted by molar-refractivity contribution is 0.109. The summed E-state index contributed by atoms with van der Waals surface area (Å²) in [6.45, 7) is 0.124. The number of ether oxygens (including phenoxy) is 1. The van der Waals surface area contributed by atoms with Crippen molar-refractivity contribution < 1.29 is 18.3 Å². The van der Waals surface area contributed by atoms with Gasteiger partial charge in [-0.1, -0.05) is 11.6 Å². The van der Waals surface area contributed by atoms with Crippen molar-refractivity contribution in [2.45, 2.75) is 6.61 Å². The zero-order valence-electron chi connectivity index (χ0n) is 8.65. The van der Waals surface area contributed by atoms with Crippen LogP contribution in [-0.4, -0.2) is 6.29 Å². The number of carbonyl (C=O) groups excluding carboxylic acids is 1. The second kappa shape index (κ2) is 5.01. The van der Waals surface area contributed by atoms with Crippen LogP contribution in [0, 0.1) is 5.82 Å². The molecule has 2 aromatic rings. The molecule has 0 atom stereocenters. The number of benzene rings is 1. The molecule has 0 bridgehead atoms. The number of rotatable bonds is 4. The van der Waals surface area contributed by atoms with Crippen LogP contribution < -0.4 is 4.74 Å². The molecule has 5 heteroatoms. The highest BCUT2D eigenvalue weighted by molar-refractivity contribution is 6.32. The Morgan fingerprint density at radius 1 is 1.35 bits per heavy atom.